The van der Waals surface area contributed by atoms with Gasteiger partial charge in [0.2, 0.25) is 0 Å². The first-order valence-electron chi connectivity index (χ1n) is 15.5. The van der Waals surface area contributed by atoms with Crippen LogP contribution in [0.25, 0.3) is 0 Å². The molecule has 45 heavy (non-hydrogen) atoms. The van der Waals surface area contributed by atoms with E-state index in [1.165, 1.54) is 0 Å². The third kappa shape index (κ3) is 9.56. The highest BCUT2D eigenvalue weighted by molar-refractivity contribution is 7.91. The number of hydrogen-bond donors (Lipinski definition) is 0. The van der Waals surface area contributed by atoms with Crippen molar-refractivity contribution in [2.24, 2.45) is 0 Å². The van der Waals surface area contributed by atoms with Crippen LogP contribution in [0.3, 0.4) is 0 Å². The van der Waals surface area contributed by atoms with Gasteiger partial charge >= 0.3 is 0 Å². The van der Waals surface area contributed by atoms with Gasteiger partial charge in [0.15, 0.2) is 15.3 Å². The van der Waals surface area contributed by atoms with Crippen LogP contribution in [0.4, 0.5) is 0 Å². The summed E-state index contributed by atoms with van der Waals surface area (Å²) in [6, 6.07) is 39.2. The molecule has 5 rings (SSSR count). The van der Waals surface area contributed by atoms with Crippen molar-refractivity contribution in [2.75, 3.05) is 12.4 Å². The maximum atomic E-state index is 13.8. The molecular weight excluding hydrogens is 588 g/mol. The Hall–Kier alpha value is -3.37. The molecule has 4 aromatic carbocycles. The highest BCUT2D eigenvalue weighted by Crippen LogP contribution is 2.33. The van der Waals surface area contributed by atoms with E-state index in [2.05, 4.69) is 0 Å². The zero-order valence-corrected chi connectivity index (χ0v) is 26.5. The molecule has 0 aliphatic carbocycles. The summed E-state index contributed by atoms with van der Waals surface area (Å²) in [7, 11) is -3.74. The van der Waals surface area contributed by atoms with E-state index in [0.717, 1.165) is 22.3 Å². The van der Waals surface area contributed by atoms with E-state index in [4.69, 9.17) is 23.7 Å². The van der Waals surface area contributed by atoms with Crippen molar-refractivity contribution in [3.05, 3.63) is 144 Å². The van der Waals surface area contributed by atoms with E-state index < -0.39 is 39.7 Å². The lowest BCUT2D eigenvalue weighted by molar-refractivity contribution is -0.256. The zero-order valence-electron chi connectivity index (χ0n) is 25.6. The van der Waals surface area contributed by atoms with Gasteiger partial charge in [-0.25, -0.2) is 8.42 Å². The van der Waals surface area contributed by atoms with Gasteiger partial charge in [0.1, 0.15) is 24.4 Å². The normalized spacial score (nSPS) is 21.8. The fourth-order valence-corrected chi connectivity index (χ4v) is 7.19. The van der Waals surface area contributed by atoms with Crippen molar-refractivity contribution in [1.82, 2.24) is 0 Å². The first-order valence-corrected chi connectivity index (χ1v) is 17.2. The summed E-state index contributed by atoms with van der Waals surface area (Å²) in [6.45, 7) is 3.03. The number of rotatable bonds is 16. The van der Waals surface area contributed by atoms with Crippen LogP contribution in [0, 0.1) is 0 Å². The number of benzene rings is 4. The third-order valence-corrected chi connectivity index (χ3v) is 9.75. The first-order chi connectivity index (χ1) is 22.0. The predicted molar refractivity (Wildman–Crippen MR) is 174 cm³/mol. The van der Waals surface area contributed by atoms with Gasteiger partial charge in [0.25, 0.3) is 0 Å². The molecule has 0 spiro atoms. The fourth-order valence-electron chi connectivity index (χ4n) is 5.44. The largest absolute Gasteiger partial charge is 0.374 e. The Morgan fingerprint density at radius 3 is 1.40 bits per heavy atom. The van der Waals surface area contributed by atoms with Crippen LogP contribution in [0.5, 0.6) is 0 Å². The average molecular weight is 631 g/mol. The molecule has 0 N–H and O–H groups in total. The van der Waals surface area contributed by atoms with E-state index in [0.29, 0.717) is 13.0 Å². The Morgan fingerprint density at radius 2 is 0.956 bits per heavy atom. The molecule has 0 bridgehead atoms. The monoisotopic (exact) mass is 630 g/mol. The lowest BCUT2D eigenvalue weighted by Crippen LogP contribution is -2.63. The Balaban J connectivity index is 1.48. The molecule has 1 unspecified atom stereocenters. The Labute approximate surface area is 267 Å². The van der Waals surface area contributed by atoms with Crippen LogP contribution in [-0.2, 0) is 59.9 Å². The third-order valence-electron chi connectivity index (χ3n) is 7.68. The summed E-state index contributed by atoms with van der Waals surface area (Å²) in [6.07, 6.45) is -2.68. The highest BCUT2D eigenvalue weighted by atomic mass is 32.2. The smallest absolute Gasteiger partial charge is 0.187 e. The van der Waals surface area contributed by atoms with Gasteiger partial charge in [-0.1, -0.05) is 128 Å². The lowest BCUT2D eigenvalue weighted by atomic mass is 9.98. The molecule has 238 valence electrons. The van der Waals surface area contributed by atoms with E-state index in [9.17, 15) is 8.42 Å². The molecular formula is C37H42O7S. The molecule has 1 fully saturated rings. The number of hydrogen-bond acceptors (Lipinski definition) is 7. The second kappa shape index (κ2) is 16.8. The van der Waals surface area contributed by atoms with E-state index >= 15 is 0 Å². The van der Waals surface area contributed by atoms with Crippen molar-refractivity contribution in [2.45, 2.75) is 69.6 Å². The standard InChI is InChI=1S/C37H42O7S/c1-2-23-45(38,39)37-36(43-27-32-21-13-6-14-22-32)35(42-26-31-19-11-5-12-20-31)34(41-25-30-17-9-4-10-18-30)33(44-37)28-40-24-29-15-7-3-8-16-29/h3-22,33-37H,2,23-28H2,1H3/t33-,34-,35+,36-,37?/m1/s1. The maximum Gasteiger partial charge on any atom is 0.187 e. The fraction of sp³-hybridized carbons (Fsp3) is 0.351. The quantitative estimate of drug-likeness (QED) is 0.140. The average Bonchev–Trinajstić information content (AvgIpc) is 3.07. The SMILES string of the molecule is CCCS(=O)(=O)C1O[C@H](COCc2ccccc2)[C@@H](OCc2ccccc2)[C@H](OCc2ccccc2)[C@H]1OCc1ccccc1. The minimum Gasteiger partial charge on any atom is -0.374 e. The van der Waals surface area contributed by atoms with Gasteiger partial charge < -0.3 is 23.7 Å². The predicted octanol–water partition coefficient (Wildman–Crippen LogP) is 6.51. The Bertz CT molecular complexity index is 1500. The summed E-state index contributed by atoms with van der Waals surface area (Å²) in [5, 5.41) is 0. The van der Waals surface area contributed by atoms with Crippen molar-refractivity contribution in [1.29, 1.82) is 0 Å². The van der Waals surface area contributed by atoms with Crippen molar-refractivity contribution in [3.63, 3.8) is 0 Å². The van der Waals surface area contributed by atoms with Gasteiger partial charge in [-0.05, 0) is 28.7 Å². The Kier molecular flexibility index (Phi) is 12.3. The van der Waals surface area contributed by atoms with E-state index in [1.807, 2.05) is 128 Å². The molecule has 1 aliphatic rings. The number of sulfone groups is 1. The number of ether oxygens (including phenoxy) is 5. The minimum absolute atomic E-state index is 0.0403. The first kappa shape index (κ1) is 33.0. The van der Waals surface area contributed by atoms with Crippen molar-refractivity contribution < 1.29 is 32.1 Å². The molecule has 0 radical (unpaired) electrons. The van der Waals surface area contributed by atoms with Crippen LogP contribution >= 0.6 is 0 Å². The summed E-state index contributed by atoms with van der Waals surface area (Å²) >= 11 is 0. The summed E-state index contributed by atoms with van der Waals surface area (Å²) in [4.78, 5) is 0. The van der Waals surface area contributed by atoms with Gasteiger partial charge in [-0.2, -0.15) is 0 Å². The van der Waals surface area contributed by atoms with Crippen LogP contribution in [0.2, 0.25) is 0 Å². The molecule has 0 amide bonds. The lowest BCUT2D eigenvalue weighted by Gasteiger charge is -2.45. The zero-order chi connectivity index (χ0) is 31.3. The Morgan fingerprint density at radius 1 is 0.556 bits per heavy atom. The molecule has 4 aromatic rings. The molecule has 1 saturated heterocycles. The van der Waals surface area contributed by atoms with Crippen LogP contribution in [0.15, 0.2) is 121 Å². The molecule has 1 heterocycles. The minimum atomic E-state index is -3.74. The van der Waals surface area contributed by atoms with Crippen molar-refractivity contribution in [3.8, 4) is 0 Å². The summed E-state index contributed by atoms with van der Waals surface area (Å²) < 4.78 is 59.9. The van der Waals surface area contributed by atoms with E-state index in [-0.39, 0.29) is 32.2 Å². The van der Waals surface area contributed by atoms with Gasteiger partial charge in [-0.15, -0.1) is 0 Å². The van der Waals surface area contributed by atoms with Gasteiger partial charge in [-0.3, -0.25) is 0 Å². The van der Waals surface area contributed by atoms with Gasteiger partial charge in [0, 0.05) is 0 Å². The molecule has 5 atom stereocenters. The second-order valence-electron chi connectivity index (χ2n) is 11.2. The van der Waals surface area contributed by atoms with E-state index in [1.54, 1.807) is 0 Å². The molecule has 0 saturated carbocycles. The van der Waals surface area contributed by atoms with Crippen LogP contribution < -0.4 is 0 Å². The molecule has 1 aliphatic heterocycles. The highest BCUT2D eigenvalue weighted by Gasteiger charge is 2.52. The van der Waals surface area contributed by atoms with Crippen LogP contribution in [-0.4, -0.2) is 50.6 Å². The topological polar surface area (TPSA) is 80.3 Å². The van der Waals surface area contributed by atoms with Crippen molar-refractivity contribution >= 4 is 9.84 Å². The molecule has 8 heteroatoms. The molecule has 7 nitrogen and oxygen atoms in total. The summed E-state index contributed by atoms with van der Waals surface area (Å²) in [5.74, 6) is -0.0403. The molecule has 0 aromatic heterocycles. The maximum absolute atomic E-state index is 13.8. The van der Waals surface area contributed by atoms with Crippen LogP contribution in [0.1, 0.15) is 35.6 Å². The summed E-state index contributed by atoms with van der Waals surface area (Å²) in [5.41, 5.74) is 2.60. The second-order valence-corrected chi connectivity index (χ2v) is 13.4. The van der Waals surface area contributed by atoms with Gasteiger partial charge in [0.05, 0.1) is 38.8 Å².